The molecule has 0 atom stereocenters. The molecule has 2 heterocycles. The summed E-state index contributed by atoms with van der Waals surface area (Å²) in [7, 11) is 0. The first-order chi connectivity index (χ1) is 13.1. The van der Waals surface area contributed by atoms with Crippen LogP contribution in [0.3, 0.4) is 0 Å². The number of aliphatic hydroxyl groups excluding tert-OH is 1. The van der Waals surface area contributed by atoms with Crippen LogP contribution in [-0.2, 0) is 4.79 Å². The highest BCUT2D eigenvalue weighted by Gasteiger charge is 2.24. The van der Waals surface area contributed by atoms with Gasteiger partial charge in [-0.05, 0) is 47.8 Å². The summed E-state index contributed by atoms with van der Waals surface area (Å²) in [5.41, 5.74) is 2.87. The molecule has 7 heteroatoms. The number of aliphatic hydroxyl groups is 1. The van der Waals surface area contributed by atoms with Crippen LogP contribution in [0.1, 0.15) is 0 Å². The third-order valence-corrected chi connectivity index (χ3v) is 5.75. The molecule has 1 aromatic heterocycles. The van der Waals surface area contributed by atoms with Gasteiger partial charge in [-0.3, -0.25) is 4.79 Å². The van der Waals surface area contributed by atoms with Crippen molar-refractivity contribution in [3.05, 3.63) is 54.5 Å². The van der Waals surface area contributed by atoms with Gasteiger partial charge in [-0.15, -0.1) is 0 Å². The van der Waals surface area contributed by atoms with E-state index >= 15 is 0 Å². The number of amides is 1. The van der Waals surface area contributed by atoms with E-state index < -0.39 is 0 Å². The van der Waals surface area contributed by atoms with E-state index in [1.807, 2.05) is 34.8 Å². The summed E-state index contributed by atoms with van der Waals surface area (Å²) in [6, 6.07) is 12.9. The molecule has 0 bridgehead atoms. The van der Waals surface area contributed by atoms with Gasteiger partial charge in [0.25, 0.3) is 0 Å². The van der Waals surface area contributed by atoms with E-state index in [0.717, 1.165) is 33.5 Å². The molecule has 5 nitrogen and oxygen atoms in total. The molecule has 1 saturated heterocycles. The van der Waals surface area contributed by atoms with Crippen LogP contribution >= 0.6 is 11.9 Å². The molecule has 1 fully saturated rings. The fourth-order valence-electron chi connectivity index (χ4n) is 3.30. The normalized spacial score (nSPS) is 15.6. The Labute approximate surface area is 160 Å². The van der Waals surface area contributed by atoms with Crippen molar-refractivity contribution in [2.24, 2.45) is 0 Å². The average Bonchev–Trinajstić information content (AvgIpc) is 3.08. The highest BCUT2D eigenvalue weighted by atomic mass is 32.2. The van der Waals surface area contributed by atoms with Gasteiger partial charge in [0.05, 0.1) is 13.2 Å². The molecule has 0 radical (unpaired) electrons. The number of H-pyrrole nitrogens is 1. The molecule has 140 valence electrons. The van der Waals surface area contributed by atoms with Crippen molar-refractivity contribution in [2.75, 3.05) is 32.8 Å². The molecule has 0 unspecified atom stereocenters. The van der Waals surface area contributed by atoms with E-state index in [-0.39, 0.29) is 18.3 Å². The predicted octanol–water partition coefficient (Wildman–Crippen LogP) is 3.12. The Kier molecular flexibility index (Phi) is 5.15. The van der Waals surface area contributed by atoms with Crippen LogP contribution in [0.5, 0.6) is 0 Å². The van der Waals surface area contributed by atoms with Gasteiger partial charge in [-0.25, -0.2) is 8.70 Å². The maximum absolute atomic E-state index is 13.4. The number of nitrogens with zero attached hydrogens (tertiary/aromatic N) is 2. The number of hydrogen-bond acceptors (Lipinski definition) is 4. The number of rotatable bonds is 5. The van der Waals surface area contributed by atoms with Crippen molar-refractivity contribution in [3.63, 3.8) is 0 Å². The lowest BCUT2D eigenvalue weighted by atomic mass is 10.1. The van der Waals surface area contributed by atoms with Gasteiger partial charge >= 0.3 is 0 Å². The summed E-state index contributed by atoms with van der Waals surface area (Å²) < 4.78 is 15.4. The quantitative estimate of drug-likeness (QED) is 0.663. The number of benzene rings is 2. The van der Waals surface area contributed by atoms with Crippen molar-refractivity contribution < 1.29 is 14.3 Å². The van der Waals surface area contributed by atoms with E-state index in [1.54, 1.807) is 22.9 Å². The summed E-state index contributed by atoms with van der Waals surface area (Å²) >= 11 is 1.57. The lowest BCUT2D eigenvalue weighted by Crippen LogP contribution is -2.48. The molecule has 1 aliphatic heterocycles. The highest BCUT2D eigenvalue weighted by molar-refractivity contribution is 7.97. The summed E-state index contributed by atoms with van der Waals surface area (Å²) in [5.74, 6) is -0.207. The number of nitrogens with one attached hydrogen (secondary N) is 1. The average molecular weight is 385 g/mol. The number of β-amino-alcohol motifs (C(OH)–C–C–N with tert-alkyl or cyclic N) is 1. The van der Waals surface area contributed by atoms with Crippen molar-refractivity contribution in [3.8, 4) is 11.1 Å². The number of fused-ring (bicyclic) bond motifs is 1. The van der Waals surface area contributed by atoms with Crippen molar-refractivity contribution in [1.29, 1.82) is 0 Å². The lowest BCUT2D eigenvalue weighted by molar-refractivity contribution is -0.134. The van der Waals surface area contributed by atoms with Crippen molar-refractivity contribution in [2.45, 2.75) is 4.90 Å². The largest absolute Gasteiger partial charge is 0.395 e. The molecule has 1 amide bonds. The zero-order valence-electron chi connectivity index (χ0n) is 14.7. The van der Waals surface area contributed by atoms with Crippen molar-refractivity contribution in [1.82, 2.24) is 14.2 Å². The fraction of sp³-hybridized carbons (Fsp3) is 0.250. The van der Waals surface area contributed by atoms with E-state index in [4.69, 9.17) is 5.11 Å². The predicted molar refractivity (Wildman–Crippen MR) is 105 cm³/mol. The summed E-state index contributed by atoms with van der Waals surface area (Å²) in [5, 5.41) is 9.98. The van der Waals surface area contributed by atoms with E-state index in [9.17, 15) is 9.18 Å². The van der Waals surface area contributed by atoms with Gasteiger partial charge in [0, 0.05) is 47.2 Å². The topological polar surface area (TPSA) is 59.6 Å². The number of halogens is 1. The van der Waals surface area contributed by atoms with Crippen LogP contribution in [0, 0.1) is 5.82 Å². The number of carbonyl (C=O) groups is 1. The smallest absolute Gasteiger partial charge is 0.237 e. The SMILES string of the molecule is O=C1CN(Sc2ccc(-c3c[nH]c4cc(F)ccc34)cc2)CCN1CCO. The molecule has 2 aromatic carbocycles. The standard InChI is InChI=1S/C20H20FN3O2S/c21-15-3-6-17-18(12-22-19(17)11-15)14-1-4-16(5-2-14)27-24-8-7-23(9-10-25)20(26)13-24/h1-6,11-12,22,25H,7-10,13H2. The van der Waals surface area contributed by atoms with Crippen LogP contribution in [0.15, 0.2) is 53.6 Å². The van der Waals surface area contributed by atoms with Gasteiger partial charge < -0.3 is 15.0 Å². The number of hydrogen-bond donors (Lipinski definition) is 2. The Balaban J connectivity index is 1.45. The van der Waals surface area contributed by atoms with Gasteiger partial charge in [0.15, 0.2) is 0 Å². The molecule has 27 heavy (non-hydrogen) atoms. The second kappa shape index (κ2) is 7.72. The van der Waals surface area contributed by atoms with Crippen LogP contribution < -0.4 is 0 Å². The maximum Gasteiger partial charge on any atom is 0.237 e. The Hall–Kier alpha value is -2.35. The first-order valence-corrected chi connectivity index (χ1v) is 9.60. The minimum atomic E-state index is -0.253. The Morgan fingerprint density at radius 2 is 1.96 bits per heavy atom. The number of aromatic amines is 1. The molecular formula is C20H20FN3O2S. The van der Waals surface area contributed by atoms with Gasteiger partial charge in [-0.2, -0.15) is 0 Å². The summed E-state index contributed by atoms with van der Waals surface area (Å²) in [4.78, 5) is 17.9. The van der Waals surface area contributed by atoms with E-state index in [0.29, 0.717) is 19.6 Å². The Morgan fingerprint density at radius 3 is 2.70 bits per heavy atom. The molecule has 3 aromatic rings. The highest BCUT2D eigenvalue weighted by Crippen LogP contribution is 2.31. The minimum absolute atomic E-state index is 0.000816. The van der Waals surface area contributed by atoms with Gasteiger partial charge in [-0.1, -0.05) is 12.1 Å². The monoisotopic (exact) mass is 385 g/mol. The summed E-state index contributed by atoms with van der Waals surface area (Å²) in [6.07, 6.45) is 1.89. The second-order valence-corrected chi connectivity index (χ2v) is 7.65. The lowest BCUT2D eigenvalue weighted by Gasteiger charge is -2.33. The van der Waals surface area contributed by atoms with E-state index in [1.165, 1.54) is 12.1 Å². The fourth-order valence-corrected chi connectivity index (χ4v) is 4.21. The van der Waals surface area contributed by atoms with Crippen molar-refractivity contribution >= 4 is 28.8 Å². The van der Waals surface area contributed by atoms with Crippen LogP contribution in [-0.4, -0.2) is 58.0 Å². The third kappa shape index (κ3) is 3.85. The van der Waals surface area contributed by atoms with Crippen LogP contribution in [0.2, 0.25) is 0 Å². The van der Waals surface area contributed by atoms with Crippen LogP contribution in [0.25, 0.3) is 22.0 Å². The Morgan fingerprint density at radius 1 is 1.15 bits per heavy atom. The third-order valence-electron chi connectivity index (χ3n) is 4.70. The van der Waals surface area contributed by atoms with E-state index in [2.05, 4.69) is 4.98 Å². The molecule has 0 saturated carbocycles. The second-order valence-electron chi connectivity index (χ2n) is 6.48. The van der Waals surface area contributed by atoms with Gasteiger partial charge in [0.1, 0.15) is 5.82 Å². The molecule has 1 aliphatic rings. The minimum Gasteiger partial charge on any atom is -0.395 e. The first-order valence-electron chi connectivity index (χ1n) is 8.82. The zero-order chi connectivity index (χ0) is 18.8. The first kappa shape index (κ1) is 18.0. The number of carbonyl (C=O) groups excluding carboxylic acids is 1. The Bertz CT molecular complexity index is 958. The number of aromatic nitrogens is 1. The molecule has 4 rings (SSSR count). The number of piperazine rings is 1. The molecule has 2 N–H and O–H groups in total. The molecule has 0 spiro atoms. The molecule has 0 aliphatic carbocycles. The molecular weight excluding hydrogens is 365 g/mol. The zero-order valence-corrected chi connectivity index (χ0v) is 15.5. The maximum atomic E-state index is 13.4. The van der Waals surface area contributed by atoms with Crippen LogP contribution in [0.4, 0.5) is 4.39 Å². The van der Waals surface area contributed by atoms with Gasteiger partial charge in [0.2, 0.25) is 5.91 Å². The summed E-state index contributed by atoms with van der Waals surface area (Å²) in [6.45, 7) is 2.16.